The molecule has 16 heavy (non-hydrogen) atoms. The van der Waals surface area contributed by atoms with Crippen LogP contribution in [0.5, 0.6) is 0 Å². The van der Waals surface area contributed by atoms with Gasteiger partial charge in [-0.15, -0.1) is 11.8 Å². The monoisotopic (exact) mass is 230 g/mol. The summed E-state index contributed by atoms with van der Waals surface area (Å²) in [6.45, 7) is 0. The van der Waals surface area contributed by atoms with Gasteiger partial charge in [0, 0.05) is 22.9 Å². The van der Waals surface area contributed by atoms with E-state index in [1.807, 2.05) is 11.8 Å². The molecule has 0 amide bonds. The van der Waals surface area contributed by atoms with Crippen molar-refractivity contribution in [3.05, 3.63) is 35.5 Å². The summed E-state index contributed by atoms with van der Waals surface area (Å²) in [6, 6.07) is 8.65. The number of benzene rings is 1. The second-order valence-electron chi connectivity index (χ2n) is 4.37. The van der Waals surface area contributed by atoms with Crippen LogP contribution in [0.15, 0.2) is 29.2 Å². The number of nitrogens with one attached hydrogen (secondary N) is 1. The van der Waals surface area contributed by atoms with Crippen molar-refractivity contribution >= 4 is 22.7 Å². The Kier molecular flexibility index (Phi) is 2.60. The van der Waals surface area contributed by atoms with E-state index in [0.717, 1.165) is 0 Å². The van der Waals surface area contributed by atoms with Crippen molar-refractivity contribution in [2.75, 3.05) is 6.26 Å². The minimum atomic E-state index is 1.22. The SMILES string of the molecule is CSc1c2c([nH+]c3ccccc13)CCCC2. The number of rotatable bonds is 1. The largest absolute Gasteiger partial charge is 0.212 e. The van der Waals surface area contributed by atoms with Crippen molar-refractivity contribution in [2.24, 2.45) is 0 Å². The van der Waals surface area contributed by atoms with E-state index < -0.39 is 0 Å². The number of hydrogen-bond acceptors (Lipinski definition) is 1. The highest BCUT2D eigenvalue weighted by Crippen LogP contribution is 2.32. The fraction of sp³-hybridized carbons (Fsp3) is 0.357. The smallest absolute Gasteiger partial charge is 0.208 e. The van der Waals surface area contributed by atoms with Crippen LogP contribution in [0.2, 0.25) is 0 Å². The first kappa shape index (κ1) is 10.2. The summed E-state index contributed by atoms with van der Waals surface area (Å²) in [4.78, 5) is 5.10. The van der Waals surface area contributed by atoms with Crippen molar-refractivity contribution in [1.82, 2.24) is 0 Å². The lowest BCUT2D eigenvalue weighted by Crippen LogP contribution is -2.20. The van der Waals surface area contributed by atoms with E-state index in [1.165, 1.54) is 47.2 Å². The summed E-state index contributed by atoms with van der Waals surface area (Å²) in [5.41, 5.74) is 4.32. The van der Waals surface area contributed by atoms with Gasteiger partial charge in [0.25, 0.3) is 0 Å². The molecule has 1 aromatic carbocycles. The van der Waals surface area contributed by atoms with Crippen LogP contribution in [0.1, 0.15) is 24.1 Å². The zero-order valence-corrected chi connectivity index (χ0v) is 10.4. The summed E-state index contributed by atoms with van der Waals surface area (Å²) >= 11 is 1.89. The molecule has 3 rings (SSSR count). The molecule has 1 aliphatic rings. The second-order valence-corrected chi connectivity index (χ2v) is 5.18. The third-order valence-electron chi connectivity index (χ3n) is 3.40. The molecule has 0 aliphatic heterocycles. The highest BCUT2D eigenvalue weighted by Gasteiger charge is 2.21. The number of aromatic nitrogens is 1. The normalized spacial score (nSPS) is 15.1. The van der Waals surface area contributed by atoms with Gasteiger partial charge < -0.3 is 0 Å². The van der Waals surface area contributed by atoms with Gasteiger partial charge in [0.1, 0.15) is 0 Å². The first-order valence-electron chi connectivity index (χ1n) is 5.90. The molecule has 1 aliphatic carbocycles. The van der Waals surface area contributed by atoms with Gasteiger partial charge in [-0.1, -0.05) is 12.1 Å². The topological polar surface area (TPSA) is 14.1 Å². The molecule has 1 nitrogen and oxygen atoms in total. The highest BCUT2D eigenvalue weighted by molar-refractivity contribution is 7.98. The first-order chi connectivity index (χ1) is 7.90. The minimum Gasteiger partial charge on any atom is -0.208 e. The van der Waals surface area contributed by atoms with E-state index in [0.29, 0.717) is 0 Å². The molecule has 0 unspecified atom stereocenters. The number of aromatic amines is 1. The number of H-pyrrole nitrogens is 1. The maximum absolute atomic E-state index is 3.61. The fourth-order valence-electron chi connectivity index (χ4n) is 2.64. The molecule has 1 heterocycles. The maximum atomic E-state index is 3.61. The summed E-state index contributed by atoms with van der Waals surface area (Å²) in [5, 5.41) is 1.38. The van der Waals surface area contributed by atoms with Crippen molar-refractivity contribution in [3.8, 4) is 0 Å². The fourth-order valence-corrected chi connectivity index (χ4v) is 3.51. The lowest BCUT2D eigenvalue weighted by molar-refractivity contribution is -0.359. The number of aryl methyl sites for hydroxylation is 1. The zero-order valence-electron chi connectivity index (χ0n) is 9.55. The Hall–Kier alpha value is -1.02. The van der Waals surface area contributed by atoms with Crippen molar-refractivity contribution < 1.29 is 4.98 Å². The maximum Gasteiger partial charge on any atom is 0.212 e. The van der Waals surface area contributed by atoms with E-state index in [9.17, 15) is 0 Å². The molecule has 0 spiro atoms. The van der Waals surface area contributed by atoms with Crippen LogP contribution in [0, 0.1) is 0 Å². The Morgan fingerprint density at radius 1 is 1.12 bits per heavy atom. The molecular formula is C14H16NS+. The molecular weight excluding hydrogens is 214 g/mol. The Morgan fingerprint density at radius 2 is 1.94 bits per heavy atom. The standard InChI is InChI=1S/C14H15NS/c1-16-14-10-6-2-4-8-12(10)15-13-9-5-3-7-11(13)14/h2,4,6,8H,3,5,7,9H2,1H3/p+1. The lowest BCUT2D eigenvalue weighted by Gasteiger charge is -2.15. The van der Waals surface area contributed by atoms with Crippen LogP contribution in [0.4, 0.5) is 0 Å². The van der Waals surface area contributed by atoms with Gasteiger partial charge in [-0.25, -0.2) is 4.98 Å². The third kappa shape index (κ3) is 1.52. The van der Waals surface area contributed by atoms with Gasteiger partial charge in [-0.2, -0.15) is 0 Å². The summed E-state index contributed by atoms with van der Waals surface area (Å²) in [7, 11) is 0. The first-order valence-corrected chi connectivity index (χ1v) is 7.12. The van der Waals surface area contributed by atoms with E-state index >= 15 is 0 Å². The molecule has 1 N–H and O–H groups in total. The van der Waals surface area contributed by atoms with Gasteiger partial charge in [0.05, 0.1) is 5.39 Å². The predicted octanol–water partition coefficient (Wildman–Crippen LogP) is 3.25. The van der Waals surface area contributed by atoms with Crippen LogP contribution >= 0.6 is 11.8 Å². The molecule has 0 atom stereocenters. The second kappa shape index (κ2) is 4.10. The van der Waals surface area contributed by atoms with Gasteiger partial charge in [-0.3, -0.25) is 0 Å². The van der Waals surface area contributed by atoms with Crippen LogP contribution in [0.3, 0.4) is 0 Å². The summed E-state index contributed by atoms with van der Waals surface area (Å²) < 4.78 is 0. The Labute approximate surface area is 100 Å². The molecule has 0 fully saturated rings. The predicted molar refractivity (Wildman–Crippen MR) is 68.9 cm³/mol. The molecule has 0 saturated carbocycles. The lowest BCUT2D eigenvalue weighted by atomic mass is 9.94. The van der Waals surface area contributed by atoms with Gasteiger partial charge in [0.2, 0.25) is 5.52 Å². The van der Waals surface area contributed by atoms with Crippen molar-refractivity contribution in [1.29, 1.82) is 0 Å². The molecule has 0 saturated heterocycles. The number of thioether (sulfide) groups is 1. The molecule has 0 radical (unpaired) electrons. The minimum absolute atomic E-state index is 1.22. The van der Waals surface area contributed by atoms with E-state index in [2.05, 4.69) is 35.5 Å². The number of fused-ring (bicyclic) bond motifs is 2. The highest BCUT2D eigenvalue weighted by atomic mass is 32.2. The number of hydrogen-bond donors (Lipinski definition) is 0. The molecule has 2 heteroatoms. The van der Waals surface area contributed by atoms with Crippen molar-refractivity contribution in [3.63, 3.8) is 0 Å². The number of pyridine rings is 1. The van der Waals surface area contributed by atoms with Crippen LogP contribution in [0.25, 0.3) is 10.9 Å². The summed E-state index contributed by atoms with van der Waals surface area (Å²) in [5.74, 6) is 0. The van der Waals surface area contributed by atoms with Crippen molar-refractivity contribution in [2.45, 2.75) is 30.6 Å². The van der Waals surface area contributed by atoms with Crippen LogP contribution < -0.4 is 4.98 Å². The Morgan fingerprint density at radius 3 is 2.81 bits per heavy atom. The van der Waals surface area contributed by atoms with Gasteiger partial charge in [-0.05, 0) is 31.6 Å². The van der Waals surface area contributed by atoms with E-state index in [-0.39, 0.29) is 0 Å². The molecule has 2 aromatic rings. The van der Waals surface area contributed by atoms with Crippen LogP contribution in [-0.4, -0.2) is 6.26 Å². The summed E-state index contributed by atoms with van der Waals surface area (Å²) in [6.07, 6.45) is 7.32. The van der Waals surface area contributed by atoms with Gasteiger partial charge in [0.15, 0.2) is 5.69 Å². The van der Waals surface area contributed by atoms with E-state index in [4.69, 9.17) is 0 Å². The molecule has 0 bridgehead atoms. The quantitative estimate of drug-likeness (QED) is 0.686. The molecule has 1 aromatic heterocycles. The zero-order chi connectivity index (χ0) is 11.0. The Bertz CT molecular complexity index is 533. The average molecular weight is 230 g/mol. The molecule has 82 valence electrons. The third-order valence-corrected chi connectivity index (χ3v) is 4.28. The number of para-hydroxylation sites is 1. The Balaban J connectivity index is 2.35. The van der Waals surface area contributed by atoms with Crippen LogP contribution in [-0.2, 0) is 12.8 Å². The van der Waals surface area contributed by atoms with Gasteiger partial charge >= 0.3 is 0 Å². The average Bonchev–Trinajstić information content (AvgIpc) is 2.36. The van der Waals surface area contributed by atoms with E-state index in [1.54, 1.807) is 5.56 Å².